The minimum absolute atomic E-state index is 0.305. The molecule has 0 aromatic heterocycles. The number of hydrogen-bond acceptors (Lipinski definition) is 3. The first kappa shape index (κ1) is 19.5. The minimum atomic E-state index is 0.305. The summed E-state index contributed by atoms with van der Waals surface area (Å²) in [6.07, 6.45) is 3.60. The van der Waals surface area contributed by atoms with Crippen LogP contribution in [0, 0.1) is 0 Å². The van der Waals surface area contributed by atoms with Crippen LogP contribution in [-0.2, 0) is 0 Å². The number of nitrogens with zero attached hydrogens (tertiary/aromatic N) is 1. The molecule has 0 spiro atoms. The molecule has 1 saturated heterocycles. The average molecular weight is 386 g/mol. The molecule has 0 radical (unpaired) electrons. The normalized spacial score (nSPS) is 18.1. The smallest absolute Gasteiger partial charge is 0.0604 e. The number of likely N-dealkylation sites (tertiary alicyclic amines) is 1. The summed E-state index contributed by atoms with van der Waals surface area (Å²) >= 11 is 0. The Morgan fingerprint density at radius 2 is 1.48 bits per heavy atom. The lowest BCUT2D eigenvalue weighted by Crippen LogP contribution is -2.37. The van der Waals surface area contributed by atoms with Crippen molar-refractivity contribution in [2.75, 3.05) is 17.6 Å². The first-order chi connectivity index (χ1) is 14.2. The summed E-state index contributed by atoms with van der Waals surface area (Å²) in [7, 11) is 0. The zero-order chi connectivity index (χ0) is 20.1. The summed E-state index contributed by atoms with van der Waals surface area (Å²) in [6.45, 7) is 3.41. The van der Waals surface area contributed by atoms with Crippen LogP contribution in [0.5, 0.6) is 0 Å². The second-order valence-corrected chi connectivity index (χ2v) is 8.13. The van der Waals surface area contributed by atoms with E-state index < -0.39 is 0 Å². The van der Waals surface area contributed by atoms with Gasteiger partial charge in [0, 0.05) is 12.1 Å². The van der Waals surface area contributed by atoms with Gasteiger partial charge in [0.1, 0.15) is 0 Å². The molecule has 1 heterocycles. The monoisotopic (exact) mass is 385 g/mol. The van der Waals surface area contributed by atoms with E-state index in [-0.39, 0.29) is 0 Å². The molecule has 0 bridgehead atoms. The molecule has 3 nitrogen and oxygen atoms in total. The van der Waals surface area contributed by atoms with Crippen LogP contribution >= 0.6 is 0 Å². The molecule has 0 unspecified atom stereocenters. The van der Waals surface area contributed by atoms with E-state index in [1.54, 1.807) is 0 Å². The number of benzene rings is 3. The summed E-state index contributed by atoms with van der Waals surface area (Å²) in [5.74, 6) is 0. The Morgan fingerprint density at radius 1 is 0.897 bits per heavy atom. The Balaban J connectivity index is 1.54. The molecule has 3 aromatic rings. The topological polar surface area (TPSA) is 41.3 Å². The molecule has 0 saturated carbocycles. The maximum absolute atomic E-state index is 6.13. The second kappa shape index (κ2) is 9.15. The number of nitrogens with one attached hydrogen (secondary N) is 1. The van der Waals surface area contributed by atoms with E-state index in [2.05, 4.69) is 83.9 Å². The summed E-state index contributed by atoms with van der Waals surface area (Å²) in [4.78, 5) is 2.71. The zero-order valence-electron chi connectivity index (χ0n) is 17.2. The van der Waals surface area contributed by atoms with Crippen LogP contribution in [0.25, 0.3) is 0 Å². The van der Waals surface area contributed by atoms with Crippen molar-refractivity contribution >= 4 is 11.4 Å². The van der Waals surface area contributed by atoms with Gasteiger partial charge in [-0.25, -0.2) is 0 Å². The number of nitrogens with two attached hydrogens (primary N) is 1. The molecule has 0 amide bonds. The van der Waals surface area contributed by atoms with Gasteiger partial charge in [0.15, 0.2) is 0 Å². The van der Waals surface area contributed by atoms with Crippen LogP contribution in [0.15, 0.2) is 84.9 Å². The Kier molecular flexibility index (Phi) is 6.16. The Morgan fingerprint density at radius 3 is 2.10 bits per heavy atom. The highest BCUT2D eigenvalue weighted by Gasteiger charge is 2.33. The summed E-state index contributed by atoms with van der Waals surface area (Å²) in [5.41, 5.74) is 10.7. The summed E-state index contributed by atoms with van der Waals surface area (Å²) < 4.78 is 0. The summed E-state index contributed by atoms with van der Waals surface area (Å²) in [6, 6.07) is 31.1. The highest BCUT2D eigenvalue weighted by atomic mass is 15.2. The Labute approximate surface area is 174 Å². The van der Waals surface area contributed by atoms with Gasteiger partial charge in [-0.15, -0.1) is 0 Å². The molecule has 29 heavy (non-hydrogen) atoms. The predicted octanol–water partition coefficient (Wildman–Crippen LogP) is 5.71. The van der Waals surface area contributed by atoms with Gasteiger partial charge in [0.05, 0.1) is 17.4 Å². The highest BCUT2D eigenvalue weighted by Crippen LogP contribution is 2.36. The van der Waals surface area contributed by atoms with Gasteiger partial charge in [-0.3, -0.25) is 4.90 Å². The van der Waals surface area contributed by atoms with Gasteiger partial charge in [-0.2, -0.15) is 0 Å². The van der Waals surface area contributed by atoms with E-state index >= 15 is 0 Å². The average Bonchev–Trinajstić information content (AvgIpc) is 3.19. The lowest BCUT2D eigenvalue weighted by molar-refractivity contribution is 0.194. The molecular weight excluding hydrogens is 354 g/mol. The standard InChI is InChI=1S/C26H31N3/c1-20(28-25-17-9-8-16-24(25)27)19-23-15-10-18-29(23)26(21-11-4-2-5-12-21)22-13-6-3-7-14-22/h2-9,11-14,16-17,20,23,26,28H,10,15,18-19,27H2,1H3/t20-,23-/m0/s1. The minimum Gasteiger partial charge on any atom is -0.397 e. The van der Waals surface area contributed by atoms with Gasteiger partial charge < -0.3 is 11.1 Å². The van der Waals surface area contributed by atoms with Crippen LogP contribution in [0.3, 0.4) is 0 Å². The fraction of sp³-hybridized carbons (Fsp3) is 0.308. The Bertz CT molecular complexity index is 855. The molecule has 2 atom stereocenters. The fourth-order valence-electron chi connectivity index (χ4n) is 4.66. The quantitative estimate of drug-likeness (QED) is 0.512. The SMILES string of the molecule is C[C@@H](C[C@@H]1CCCN1C(c1ccccc1)c1ccccc1)Nc1ccccc1N. The van der Waals surface area contributed by atoms with Gasteiger partial charge >= 0.3 is 0 Å². The van der Waals surface area contributed by atoms with Crippen molar-refractivity contribution in [2.24, 2.45) is 0 Å². The van der Waals surface area contributed by atoms with Crippen LogP contribution in [0.1, 0.15) is 43.4 Å². The molecule has 1 fully saturated rings. The molecule has 1 aliphatic rings. The van der Waals surface area contributed by atoms with Gasteiger partial charge in [-0.05, 0) is 56.0 Å². The van der Waals surface area contributed by atoms with Crippen molar-refractivity contribution in [1.29, 1.82) is 0 Å². The molecular formula is C26H31N3. The van der Waals surface area contributed by atoms with Crippen LogP contribution in [-0.4, -0.2) is 23.5 Å². The van der Waals surface area contributed by atoms with Crippen molar-refractivity contribution in [1.82, 2.24) is 4.90 Å². The van der Waals surface area contributed by atoms with Crippen LogP contribution in [0.4, 0.5) is 11.4 Å². The third-order valence-electron chi connectivity index (χ3n) is 5.97. The van der Waals surface area contributed by atoms with Crippen LogP contribution < -0.4 is 11.1 Å². The van der Waals surface area contributed by atoms with Gasteiger partial charge in [-0.1, -0.05) is 72.8 Å². The van der Waals surface area contributed by atoms with Crippen molar-refractivity contribution in [3.05, 3.63) is 96.1 Å². The molecule has 3 N–H and O–H groups in total. The van der Waals surface area contributed by atoms with Gasteiger partial charge in [0.2, 0.25) is 0 Å². The van der Waals surface area contributed by atoms with E-state index in [9.17, 15) is 0 Å². The molecule has 3 heteroatoms. The number of nitrogen functional groups attached to an aromatic ring is 1. The van der Waals surface area contributed by atoms with Crippen LogP contribution in [0.2, 0.25) is 0 Å². The molecule has 150 valence electrons. The number of rotatable bonds is 7. The Hall–Kier alpha value is -2.78. The first-order valence-electron chi connectivity index (χ1n) is 10.7. The van der Waals surface area contributed by atoms with Crippen molar-refractivity contribution in [3.8, 4) is 0 Å². The third-order valence-corrected chi connectivity index (χ3v) is 5.97. The number of para-hydroxylation sites is 2. The fourth-order valence-corrected chi connectivity index (χ4v) is 4.66. The van der Waals surface area contributed by atoms with E-state index in [0.717, 1.165) is 24.3 Å². The van der Waals surface area contributed by atoms with E-state index in [1.807, 2.05) is 18.2 Å². The maximum Gasteiger partial charge on any atom is 0.0604 e. The zero-order valence-corrected chi connectivity index (χ0v) is 17.2. The number of anilines is 2. The second-order valence-electron chi connectivity index (χ2n) is 8.13. The van der Waals surface area contributed by atoms with E-state index in [0.29, 0.717) is 18.1 Å². The molecule has 0 aliphatic carbocycles. The van der Waals surface area contributed by atoms with Gasteiger partial charge in [0.25, 0.3) is 0 Å². The molecule has 4 rings (SSSR count). The highest BCUT2D eigenvalue weighted by molar-refractivity contribution is 5.65. The maximum atomic E-state index is 6.13. The first-order valence-corrected chi connectivity index (χ1v) is 10.7. The van der Waals surface area contributed by atoms with E-state index in [1.165, 1.54) is 24.0 Å². The predicted molar refractivity (Wildman–Crippen MR) is 123 cm³/mol. The van der Waals surface area contributed by atoms with Crippen molar-refractivity contribution in [3.63, 3.8) is 0 Å². The van der Waals surface area contributed by atoms with E-state index in [4.69, 9.17) is 5.73 Å². The lowest BCUT2D eigenvalue weighted by atomic mass is 9.95. The number of hydrogen-bond donors (Lipinski definition) is 2. The van der Waals surface area contributed by atoms with Crippen molar-refractivity contribution in [2.45, 2.75) is 44.3 Å². The molecule has 1 aliphatic heterocycles. The van der Waals surface area contributed by atoms with Crippen molar-refractivity contribution < 1.29 is 0 Å². The third kappa shape index (κ3) is 4.63. The molecule has 3 aromatic carbocycles. The largest absolute Gasteiger partial charge is 0.397 e. The lowest BCUT2D eigenvalue weighted by Gasteiger charge is -2.35. The summed E-state index contributed by atoms with van der Waals surface area (Å²) in [5, 5.41) is 3.62.